The molecule has 5 rings (SSSR count). The average Bonchev–Trinajstić information content (AvgIpc) is 3.56. The summed E-state index contributed by atoms with van der Waals surface area (Å²) in [6.45, 7) is 4.76. The van der Waals surface area contributed by atoms with E-state index in [0.29, 0.717) is 29.7 Å². The van der Waals surface area contributed by atoms with Crippen molar-refractivity contribution in [2.45, 2.75) is 26.8 Å². The summed E-state index contributed by atoms with van der Waals surface area (Å²) < 4.78 is 10.8. The van der Waals surface area contributed by atoms with Crippen molar-refractivity contribution in [2.75, 3.05) is 11.9 Å². The number of aliphatic hydroxyl groups is 1. The standard InChI is InChI=1S/C20H22N10O2/c1-4-29-8-5-14(25-29)13-11-30-16(12(13)2)17(24-20-22-15(6-10-31)27-32-20)23-18(26-30)19-21-7-9-28(19)3/h5,7-9,11,31H,4,6,10H2,1-3H3,(H,22,23,24,26,27). The van der Waals surface area contributed by atoms with Crippen molar-refractivity contribution in [1.82, 2.24) is 44.1 Å². The highest BCUT2D eigenvalue weighted by atomic mass is 16.5. The molecule has 0 saturated carbocycles. The molecule has 0 aliphatic carbocycles. The minimum atomic E-state index is -0.0639. The second kappa shape index (κ2) is 7.89. The fraction of sp³-hybridized carbons (Fsp3) is 0.300. The van der Waals surface area contributed by atoms with Crippen molar-refractivity contribution in [2.24, 2.45) is 7.05 Å². The maximum Gasteiger partial charge on any atom is 0.327 e. The summed E-state index contributed by atoms with van der Waals surface area (Å²) >= 11 is 0. The molecule has 5 heterocycles. The lowest BCUT2D eigenvalue weighted by molar-refractivity contribution is 0.293. The zero-order valence-corrected chi connectivity index (χ0v) is 17.9. The molecule has 0 bridgehead atoms. The van der Waals surface area contributed by atoms with Crippen LogP contribution in [0.5, 0.6) is 0 Å². The van der Waals surface area contributed by atoms with Gasteiger partial charge in [-0.1, -0.05) is 5.16 Å². The fourth-order valence-electron chi connectivity index (χ4n) is 3.54. The number of imidazole rings is 1. The highest BCUT2D eigenvalue weighted by Crippen LogP contribution is 2.32. The number of fused-ring (bicyclic) bond motifs is 1. The molecule has 0 amide bonds. The molecule has 12 nitrogen and oxygen atoms in total. The number of nitrogens with one attached hydrogen (secondary N) is 1. The van der Waals surface area contributed by atoms with E-state index in [-0.39, 0.29) is 12.6 Å². The molecule has 0 aliphatic rings. The van der Waals surface area contributed by atoms with Gasteiger partial charge in [-0.05, 0) is 25.5 Å². The Bertz CT molecular complexity index is 1390. The lowest BCUT2D eigenvalue weighted by Gasteiger charge is -2.08. The minimum Gasteiger partial charge on any atom is -0.396 e. The summed E-state index contributed by atoms with van der Waals surface area (Å²) in [5.74, 6) is 1.95. The number of rotatable bonds is 7. The van der Waals surface area contributed by atoms with Crippen LogP contribution in [0.3, 0.4) is 0 Å². The van der Waals surface area contributed by atoms with Crippen LogP contribution in [0.25, 0.3) is 28.4 Å². The van der Waals surface area contributed by atoms with Crippen molar-refractivity contribution in [3.63, 3.8) is 0 Å². The van der Waals surface area contributed by atoms with Gasteiger partial charge in [0, 0.05) is 50.4 Å². The molecule has 0 aliphatic heterocycles. The number of anilines is 2. The molecular formula is C20H22N10O2. The predicted molar refractivity (Wildman–Crippen MR) is 115 cm³/mol. The van der Waals surface area contributed by atoms with Crippen molar-refractivity contribution >= 4 is 17.3 Å². The molecule has 0 fully saturated rings. The van der Waals surface area contributed by atoms with Crippen molar-refractivity contribution in [1.29, 1.82) is 0 Å². The zero-order chi connectivity index (χ0) is 22.2. The molecule has 12 heteroatoms. The maximum absolute atomic E-state index is 9.11. The Morgan fingerprint density at radius 3 is 2.78 bits per heavy atom. The summed E-state index contributed by atoms with van der Waals surface area (Å²) in [5.41, 5.74) is 3.50. The van der Waals surface area contributed by atoms with Gasteiger partial charge in [0.25, 0.3) is 0 Å². The first kappa shape index (κ1) is 19.9. The number of hydrogen-bond acceptors (Lipinski definition) is 9. The summed E-state index contributed by atoms with van der Waals surface area (Å²) in [4.78, 5) is 13.4. The van der Waals surface area contributed by atoms with Gasteiger partial charge in [0.05, 0.1) is 12.3 Å². The first-order valence-electron chi connectivity index (χ1n) is 10.2. The van der Waals surface area contributed by atoms with E-state index in [9.17, 15) is 0 Å². The van der Waals surface area contributed by atoms with Gasteiger partial charge in [0.2, 0.25) is 5.82 Å². The van der Waals surface area contributed by atoms with Crippen LogP contribution in [0.15, 0.2) is 35.4 Å². The third-order valence-electron chi connectivity index (χ3n) is 5.17. The topological polar surface area (TPSA) is 137 Å². The lowest BCUT2D eigenvalue weighted by atomic mass is 10.1. The third-order valence-corrected chi connectivity index (χ3v) is 5.17. The highest BCUT2D eigenvalue weighted by Gasteiger charge is 2.20. The van der Waals surface area contributed by atoms with E-state index in [4.69, 9.17) is 19.7 Å². The van der Waals surface area contributed by atoms with Gasteiger partial charge in [-0.25, -0.2) is 14.5 Å². The molecule has 5 aromatic rings. The number of nitrogens with zero attached hydrogens (tertiary/aromatic N) is 9. The van der Waals surface area contributed by atoms with Gasteiger partial charge in [-0.2, -0.15) is 10.1 Å². The summed E-state index contributed by atoms with van der Waals surface area (Å²) in [6, 6.07) is 2.15. The van der Waals surface area contributed by atoms with Crippen LogP contribution in [0, 0.1) is 6.92 Å². The second-order valence-electron chi connectivity index (χ2n) is 7.28. The molecule has 0 radical (unpaired) electrons. The largest absolute Gasteiger partial charge is 0.396 e. The molecule has 164 valence electrons. The van der Waals surface area contributed by atoms with E-state index in [1.807, 2.05) is 54.8 Å². The molecule has 0 aromatic carbocycles. The number of aromatic nitrogens is 9. The maximum atomic E-state index is 9.11. The molecule has 0 saturated heterocycles. The molecule has 2 N–H and O–H groups in total. The second-order valence-corrected chi connectivity index (χ2v) is 7.28. The van der Waals surface area contributed by atoms with Gasteiger partial charge in [0.15, 0.2) is 17.5 Å². The Hall–Kier alpha value is -4.06. The molecule has 5 aromatic heterocycles. The van der Waals surface area contributed by atoms with Crippen LogP contribution in [0.1, 0.15) is 18.3 Å². The molecule has 32 heavy (non-hydrogen) atoms. The first-order chi connectivity index (χ1) is 15.6. The lowest BCUT2D eigenvalue weighted by Crippen LogP contribution is -2.06. The van der Waals surface area contributed by atoms with Crippen LogP contribution in [-0.2, 0) is 20.0 Å². The van der Waals surface area contributed by atoms with Gasteiger partial charge in [-0.3, -0.25) is 10.00 Å². The van der Waals surface area contributed by atoms with Gasteiger partial charge >= 0.3 is 6.01 Å². The Balaban J connectivity index is 1.67. The molecule has 0 spiro atoms. The van der Waals surface area contributed by atoms with Crippen molar-refractivity contribution in [3.8, 4) is 22.9 Å². The van der Waals surface area contributed by atoms with Gasteiger partial charge in [-0.15, -0.1) is 5.10 Å². The Morgan fingerprint density at radius 1 is 1.19 bits per heavy atom. The quantitative estimate of drug-likeness (QED) is 0.394. The van der Waals surface area contributed by atoms with Crippen LogP contribution in [0.2, 0.25) is 0 Å². The molecule has 0 atom stereocenters. The summed E-state index contributed by atoms with van der Waals surface area (Å²) in [5, 5.41) is 25.4. The van der Waals surface area contributed by atoms with Crippen molar-refractivity contribution in [3.05, 3.63) is 42.2 Å². The smallest absolute Gasteiger partial charge is 0.327 e. The Labute approximate surface area is 182 Å². The zero-order valence-electron chi connectivity index (χ0n) is 17.9. The van der Waals surface area contributed by atoms with Crippen LogP contribution in [-0.4, -0.2) is 55.8 Å². The molecule has 0 unspecified atom stereocenters. The number of aryl methyl sites for hydroxylation is 3. The fourth-order valence-corrected chi connectivity index (χ4v) is 3.54. The minimum absolute atomic E-state index is 0.0639. The molecular weight excluding hydrogens is 412 g/mol. The monoisotopic (exact) mass is 434 g/mol. The van der Waals surface area contributed by atoms with Gasteiger partial charge in [0.1, 0.15) is 5.52 Å². The highest BCUT2D eigenvalue weighted by molar-refractivity contribution is 5.83. The average molecular weight is 434 g/mol. The van der Waals surface area contributed by atoms with E-state index >= 15 is 0 Å². The SMILES string of the molecule is CCn1ccc(-c2cn3nc(-c4nccn4C)nc(Nc4nc(CCO)no4)c3c2C)n1. The first-order valence-corrected chi connectivity index (χ1v) is 10.2. The van der Waals surface area contributed by atoms with Crippen LogP contribution in [0.4, 0.5) is 11.8 Å². The Morgan fingerprint density at radius 2 is 2.06 bits per heavy atom. The predicted octanol–water partition coefficient (Wildman–Crippen LogP) is 1.98. The van der Waals surface area contributed by atoms with E-state index in [1.54, 1.807) is 10.7 Å². The number of hydrogen-bond donors (Lipinski definition) is 2. The van der Waals surface area contributed by atoms with E-state index in [1.165, 1.54) is 0 Å². The third kappa shape index (κ3) is 3.39. The van der Waals surface area contributed by atoms with Crippen LogP contribution >= 0.6 is 0 Å². The number of aliphatic hydroxyl groups excluding tert-OH is 1. The van der Waals surface area contributed by atoms with E-state index in [2.05, 4.69) is 25.5 Å². The normalized spacial score (nSPS) is 11.5. The van der Waals surface area contributed by atoms with E-state index in [0.717, 1.165) is 28.9 Å². The van der Waals surface area contributed by atoms with Gasteiger partial charge < -0.3 is 14.2 Å². The van der Waals surface area contributed by atoms with Crippen molar-refractivity contribution < 1.29 is 9.63 Å². The summed E-state index contributed by atoms with van der Waals surface area (Å²) in [6.07, 6.45) is 7.70. The van der Waals surface area contributed by atoms with Crippen LogP contribution < -0.4 is 5.32 Å². The summed E-state index contributed by atoms with van der Waals surface area (Å²) in [7, 11) is 1.88. The Kier molecular flexibility index (Phi) is 4.90. The van der Waals surface area contributed by atoms with E-state index < -0.39 is 0 Å².